The monoisotopic (exact) mass is 183 g/mol. The summed E-state index contributed by atoms with van der Waals surface area (Å²) in [6.45, 7) is 0.696. The summed E-state index contributed by atoms with van der Waals surface area (Å²) >= 11 is 1.98. The van der Waals surface area contributed by atoms with Gasteiger partial charge in [0.15, 0.2) is 0 Å². The second-order valence-corrected chi connectivity index (χ2v) is 4.07. The first kappa shape index (κ1) is 8.13. The maximum Gasteiger partial charge on any atom is 0.0677 e. The Labute approximate surface area is 76.1 Å². The molecule has 3 N–H and O–H groups in total. The van der Waals surface area contributed by atoms with Crippen molar-refractivity contribution >= 4 is 11.8 Å². The maximum absolute atomic E-state index is 5.49. The molecule has 12 heavy (non-hydrogen) atoms. The number of nitrogens with two attached hydrogens (primary N) is 1. The molecule has 1 aliphatic heterocycles. The van der Waals surface area contributed by atoms with Crippen molar-refractivity contribution in [1.82, 2.24) is 10.2 Å². The quantitative estimate of drug-likeness (QED) is 0.709. The normalized spacial score (nSPS) is 16.1. The number of nitrogens with one attached hydrogen (secondary N) is 1. The van der Waals surface area contributed by atoms with E-state index in [4.69, 9.17) is 5.73 Å². The number of hydrogen-bond donors (Lipinski definition) is 2. The number of H-pyrrole nitrogens is 1. The molecule has 4 heteroatoms. The molecule has 0 aliphatic carbocycles. The van der Waals surface area contributed by atoms with Gasteiger partial charge in [0.05, 0.1) is 5.69 Å². The molecule has 0 bridgehead atoms. The van der Waals surface area contributed by atoms with Crippen molar-refractivity contribution in [3.8, 4) is 0 Å². The molecule has 0 atom stereocenters. The summed E-state index contributed by atoms with van der Waals surface area (Å²) in [5.41, 5.74) is 9.42. The third-order valence-electron chi connectivity index (χ3n) is 2.16. The van der Waals surface area contributed by atoms with Gasteiger partial charge >= 0.3 is 0 Å². The van der Waals surface area contributed by atoms with Crippen LogP contribution in [0.25, 0.3) is 0 Å². The van der Waals surface area contributed by atoms with E-state index < -0.39 is 0 Å². The fourth-order valence-electron chi connectivity index (χ4n) is 1.51. The van der Waals surface area contributed by atoms with Crippen molar-refractivity contribution in [2.24, 2.45) is 5.73 Å². The van der Waals surface area contributed by atoms with Gasteiger partial charge in [-0.2, -0.15) is 16.9 Å². The number of rotatable bonds is 2. The molecule has 0 saturated carbocycles. The van der Waals surface area contributed by atoms with E-state index >= 15 is 0 Å². The van der Waals surface area contributed by atoms with Crippen LogP contribution in [0.15, 0.2) is 0 Å². The van der Waals surface area contributed by atoms with E-state index in [1.165, 1.54) is 22.7 Å². The van der Waals surface area contributed by atoms with Crippen molar-refractivity contribution in [2.45, 2.75) is 18.6 Å². The van der Waals surface area contributed by atoms with Crippen molar-refractivity contribution in [3.05, 3.63) is 17.0 Å². The lowest BCUT2D eigenvalue weighted by atomic mass is 10.1. The number of aromatic amines is 1. The van der Waals surface area contributed by atoms with Crippen LogP contribution < -0.4 is 5.73 Å². The molecule has 0 spiro atoms. The molecule has 3 nitrogen and oxygen atoms in total. The topological polar surface area (TPSA) is 54.7 Å². The first-order chi connectivity index (χ1) is 5.92. The summed E-state index contributed by atoms with van der Waals surface area (Å²) in [5, 5.41) is 7.36. The standard InChI is InChI=1S/C8H13N3S/c9-3-1-7-6-5-12-4-2-8(6)11-10-7/h1-5,9H2,(H,10,11). The largest absolute Gasteiger partial charge is 0.330 e. The molecular formula is C8H13N3S. The molecule has 2 heterocycles. The molecule has 1 aromatic heterocycles. The highest BCUT2D eigenvalue weighted by atomic mass is 32.2. The second kappa shape index (κ2) is 3.49. The van der Waals surface area contributed by atoms with Gasteiger partial charge in [0.25, 0.3) is 0 Å². The Morgan fingerprint density at radius 1 is 1.58 bits per heavy atom. The second-order valence-electron chi connectivity index (χ2n) is 2.97. The highest BCUT2D eigenvalue weighted by Crippen LogP contribution is 2.25. The lowest BCUT2D eigenvalue weighted by molar-refractivity contribution is 0.890. The zero-order chi connectivity index (χ0) is 8.39. The van der Waals surface area contributed by atoms with Crippen LogP contribution in [0.3, 0.4) is 0 Å². The minimum Gasteiger partial charge on any atom is -0.330 e. The molecule has 0 aromatic carbocycles. The summed E-state index contributed by atoms with van der Waals surface area (Å²) in [4.78, 5) is 0. The van der Waals surface area contributed by atoms with E-state index in [0.29, 0.717) is 6.54 Å². The Kier molecular flexibility index (Phi) is 2.37. The summed E-state index contributed by atoms with van der Waals surface area (Å²) in [6, 6.07) is 0. The van der Waals surface area contributed by atoms with Crippen LogP contribution in [0.1, 0.15) is 17.0 Å². The average molecular weight is 183 g/mol. The smallest absolute Gasteiger partial charge is 0.0677 e. The van der Waals surface area contributed by atoms with Crippen LogP contribution in [0.5, 0.6) is 0 Å². The predicted octanol–water partition coefficient (Wildman–Crippen LogP) is 0.700. The molecule has 1 aliphatic rings. The van der Waals surface area contributed by atoms with Crippen LogP contribution in [0.2, 0.25) is 0 Å². The molecule has 0 saturated heterocycles. The zero-order valence-corrected chi connectivity index (χ0v) is 7.78. The Morgan fingerprint density at radius 3 is 3.33 bits per heavy atom. The van der Waals surface area contributed by atoms with E-state index in [-0.39, 0.29) is 0 Å². The third kappa shape index (κ3) is 1.36. The number of aryl methyl sites for hydroxylation is 1. The van der Waals surface area contributed by atoms with Gasteiger partial charge in [-0.05, 0) is 18.7 Å². The average Bonchev–Trinajstić information content (AvgIpc) is 2.50. The molecule has 66 valence electrons. The molecular weight excluding hydrogens is 170 g/mol. The Hall–Kier alpha value is -0.480. The summed E-state index contributed by atoms with van der Waals surface area (Å²) in [6.07, 6.45) is 2.05. The molecule has 2 rings (SSSR count). The van der Waals surface area contributed by atoms with Crippen molar-refractivity contribution in [3.63, 3.8) is 0 Å². The lowest BCUT2D eigenvalue weighted by Gasteiger charge is -2.10. The van der Waals surface area contributed by atoms with E-state index in [1.807, 2.05) is 11.8 Å². The first-order valence-electron chi connectivity index (χ1n) is 4.24. The van der Waals surface area contributed by atoms with E-state index in [1.54, 1.807) is 0 Å². The van der Waals surface area contributed by atoms with Gasteiger partial charge in [-0.15, -0.1) is 0 Å². The highest BCUT2D eigenvalue weighted by molar-refractivity contribution is 7.98. The summed E-state index contributed by atoms with van der Waals surface area (Å²) < 4.78 is 0. The lowest BCUT2D eigenvalue weighted by Crippen LogP contribution is -2.07. The van der Waals surface area contributed by atoms with E-state index in [2.05, 4.69) is 10.2 Å². The number of nitrogens with zero attached hydrogens (tertiary/aromatic N) is 1. The fourth-order valence-corrected chi connectivity index (χ4v) is 2.55. The molecule has 0 unspecified atom stereocenters. The zero-order valence-electron chi connectivity index (χ0n) is 6.97. The van der Waals surface area contributed by atoms with Gasteiger partial charge in [-0.3, -0.25) is 5.10 Å². The van der Waals surface area contributed by atoms with Gasteiger partial charge < -0.3 is 5.73 Å². The Bertz CT molecular complexity index is 269. The van der Waals surface area contributed by atoms with Crippen molar-refractivity contribution in [2.75, 3.05) is 12.3 Å². The molecule has 0 fully saturated rings. The van der Waals surface area contributed by atoms with Crippen LogP contribution in [-0.4, -0.2) is 22.5 Å². The maximum atomic E-state index is 5.49. The Balaban J connectivity index is 2.25. The summed E-state index contributed by atoms with van der Waals surface area (Å²) in [7, 11) is 0. The minimum absolute atomic E-state index is 0.696. The van der Waals surface area contributed by atoms with Gasteiger partial charge in [0, 0.05) is 23.4 Å². The predicted molar refractivity (Wildman–Crippen MR) is 51.2 cm³/mol. The van der Waals surface area contributed by atoms with Crippen LogP contribution >= 0.6 is 11.8 Å². The van der Waals surface area contributed by atoms with Gasteiger partial charge in [0.2, 0.25) is 0 Å². The van der Waals surface area contributed by atoms with Crippen molar-refractivity contribution < 1.29 is 0 Å². The molecule has 0 amide bonds. The van der Waals surface area contributed by atoms with Gasteiger partial charge in [0.1, 0.15) is 0 Å². The van der Waals surface area contributed by atoms with E-state index in [9.17, 15) is 0 Å². The number of aromatic nitrogens is 2. The first-order valence-corrected chi connectivity index (χ1v) is 5.40. The number of thioether (sulfide) groups is 1. The minimum atomic E-state index is 0.696. The van der Waals surface area contributed by atoms with Crippen molar-refractivity contribution in [1.29, 1.82) is 0 Å². The SMILES string of the molecule is NCCc1n[nH]c2c1CSCC2. The summed E-state index contributed by atoms with van der Waals surface area (Å²) in [5.74, 6) is 2.33. The third-order valence-corrected chi connectivity index (χ3v) is 3.15. The van der Waals surface area contributed by atoms with E-state index in [0.717, 1.165) is 18.6 Å². The molecule has 1 aromatic rings. The molecule has 0 radical (unpaired) electrons. The number of hydrogen-bond acceptors (Lipinski definition) is 3. The van der Waals surface area contributed by atoms with Crippen LogP contribution in [0.4, 0.5) is 0 Å². The van der Waals surface area contributed by atoms with Crippen LogP contribution in [0, 0.1) is 0 Å². The van der Waals surface area contributed by atoms with Gasteiger partial charge in [-0.25, -0.2) is 0 Å². The number of fused-ring (bicyclic) bond motifs is 1. The van der Waals surface area contributed by atoms with Crippen LogP contribution in [-0.2, 0) is 18.6 Å². The highest BCUT2D eigenvalue weighted by Gasteiger charge is 2.15. The fraction of sp³-hybridized carbons (Fsp3) is 0.625. The van der Waals surface area contributed by atoms with Gasteiger partial charge in [-0.1, -0.05) is 0 Å². The Morgan fingerprint density at radius 2 is 2.50 bits per heavy atom.